The maximum atomic E-state index is 12.1. The molecule has 3 rings (SSSR count). The maximum absolute atomic E-state index is 12.1. The number of benzene rings is 1. The lowest BCUT2D eigenvalue weighted by Gasteiger charge is -2.26. The SMILES string of the molecule is NCc1ccc2[nH]c(=O)c(CN3CCOCC3)cc2c1. The molecule has 0 radical (unpaired) electrons. The van der Waals surface area contributed by atoms with Gasteiger partial charge in [0, 0.05) is 37.3 Å². The van der Waals surface area contributed by atoms with Crippen LogP contribution in [-0.4, -0.2) is 36.2 Å². The number of nitrogens with one attached hydrogen (secondary N) is 1. The van der Waals surface area contributed by atoms with Crippen LogP contribution in [-0.2, 0) is 17.8 Å². The number of H-pyrrole nitrogens is 1. The number of aromatic nitrogens is 1. The highest BCUT2D eigenvalue weighted by Crippen LogP contribution is 2.14. The average molecular weight is 273 g/mol. The molecular formula is C15H19N3O2. The summed E-state index contributed by atoms with van der Waals surface area (Å²) in [6.45, 7) is 4.40. The molecule has 0 spiro atoms. The van der Waals surface area contributed by atoms with E-state index in [4.69, 9.17) is 10.5 Å². The van der Waals surface area contributed by atoms with Crippen LogP contribution in [0.1, 0.15) is 11.1 Å². The average Bonchev–Trinajstić information content (AvgIpc) is 2.48. The summed E-state index contributed by atoms with van der Waals surface area (Å²) in [6, 6.07) is 7.87. The molecule has 0 amide bonds. The van der Waals surface area contributed by atoms with Crippen LogP contribution in [0.15, 0.2) is 29.1 Å². The molecule has 20 heavy (non-hydrogen) atoms. The molecule has 5 nitrogen and oxygen atoms in total. The fourth-order valence-electron chi connectivity index (χ4n) is 2.55. The van der Waals surface area contributed by atoms with E-state index in [9.17, 15) is 4.79 Å². The van der Waals surface area contributed by atoms with Crippen molar-refractivity contribution in [1.29, 1.82) is 0 Å². The quantitative estimate of drug-likeness (QED) is 0.868. The molecule has 0 atom stereocenters. The van der Waals surface area contributed by atoms with Gasteiger partial charge >= 0.3 is 0 Å². The number of pyridine rings is 1. The number of fused-ring (bicyclic) bond motifs is 1. The van der Waals surface area contributed by atoms with Crippen molar-refractivity contribution >= 4 is 10.9 Å². The van der Waals surface area contributed by atoms with Crippen molar-refractivity contribution in [2.24, 2.45) is 5.73 Å². The molecule has 106 valence electrons. The van der Waals surface area contributed by atoms with Gasteiger partial charge < -0.3 is 15.5 Å². The van der Waals surface area contributed by atoms with Gasteiger partial charge in [-0.3, -0.25) is 9.69 Å². The second-order valence-electron chi connectivity index (χ2n) is 5.14. The zero-order valence-corrected chi connectivity index (χ0v) is 11.4. The highest BCUT2D eigenvalue weighted by Gasteiger charge is 2.13. The molecule has 2 aromatic rings. The maximum Gasteiger partial charge on any atom is 0.252 e. The van der Waals surface area contributed by atoms with Crippen LogP contribution in [0.3, 0.4) is 0 Å². The van der Waals surface area contributed by atoms with E-state index >= 15 is 0 Å². The lowest BCUT2D eigenvalue weighted by molar-refractivity contribution is 0.0340. The van der Waals surface area contributed by atoms with Crippen LogP contribution in [0.5, 0.6) is 0 Å². The summed E-state index contributed by atoms with van der Waals surface area (Å²) >= 11 is 0. The second kappa shape index (κ2) is 5.75. The molecule has 1 aliphatic rings. The van der Waals surface area contributed by atoms with Gasteiger partial charge in [0.1, 0.15) is 0 Å². The third-order valence-corrected chi connectivity index (χ3v) is 3.72. The monoisotopic (exact) mass is 273 g/mol. The highest BCUT2D eigenvalue weighted by molar-refractivity contribution is 5.79. The number of morpholine rings is 1. The van der Waals surface area contributed by atoms with Crippen molar-refractivity contribution in [1.82, 2.24) is 9.88 Å². The Bertz CT molecular complexity index is 660. The number of hydrogen-bond donors (Lipinski definition) is 2. The van der Waals surface area contributed by atoms with Crippen LogP contribution in [0.4, 0.5) is 0 Å². The molecule has 0 aliphatic carbocycles. The Hall–Kier alpha value is -1.69. The summed E-state index contributed by atoms with van der Waals surface area (Å²) in [5.74, 6) is 0. The van der Waals surface area contributed by atoms with Crippen molar-refractivity contribution in [3.8, 4) is 0 Å². The zero-order chi connectivity index (χ0) is 13.9. The largest absolute Gasteiger partial charge is 0.379 e. The first-order valence-corrected chi connectivity index (χ1v) is 6.91. The molecule has 0 unspecified atom stereocenters. The minimum Gasteiger partial charge on any atom is -0.379 e. The zero-order valence-electron chi connectivity index (χ0n) is 11.4. The van der Waals surface area contributed by atoms with E-state index < -0.39 is 0 Å². The van der Waals surface area contributed by atoms with Crippen molar-refractivity contribution in [3.63, 3.8) is 0 Å². The minimum atomic E-state index is -0.00973. The van der Waals surface area contributed by atoms with Crippen molar-refractivity contribution < 1.29 is 4.74 Å². The Morgan fingerprint density at radius 1 is 1.25 bits per heavy atom. The number of nitrogens with zero attached hydrogens (tertiary/aromatic N) is 1. The normalized spacial score (nSPS) is 16.6. The Morgan fingerprint density at radius 2 is 2.05 bits per heavy atom. The molecular weight excluding hydrogens is 254 g/mol. The fraction of sp³-hybridized carbons (Fsp3) is 0.400. The predicted molar refractivity (Wildman–Crippen MR) is 78.6 cm³/mol. The van der Waals surface area contributed by atoms with Crippen molar-refractivity contribution in [3.05, 3.63) is 45.7 Å². The molecule has 3 N–H and O–H groups in total. The third-order valence-electron chi connectivity index (χ3n) is 3.72. The van der Waals surface area contributed by atoms with Gasteiger partial charge in [-0.2, -0.15) is 0 Å². The molecule has 0 saturated carbocycles. The van der Waals surface area contributed by atoms with Crippen LogP contribution >= 0.6 is 0 Å². The molecule has 1 aromatic heterocycles. The van der Waals surface area contributed by atoms with Gasteiger partial charge in [0.2, 0.25) is 0 Å². The topological polar surface area (TPSA) is 71.4 Å². The van der Waals surface area contributed by atoms with Gasteiger partial charge in [0.05, 0.1) is 13.2 Å². The Kier molecular flexibility index (Phi) is 3.82. The van der Waals surface area contributed by atoms with Gasteiger partial charge in [-0.05, 0) is 29.1 Å². The Labute approximate surface area is 117 Å². The van der Waals surface area contributed by atoms with E-state index in [1.54, 1.807) is 0 Å². The van der Waals surface area contributed by atoms with Gasteiger partial charge in [-0.15, -0.1) is 0 Å². The summed E-state index contributed by atoms with van der Waals surface area (Å²) in [7, 11) is 0. The molecule has 2 heterocycles. The number of nitrogens with two attached hydrogens (primary N) is 1. The van der Waals surface area contributed by atoms with Crippen LogP contribution in [0.2, 0.25) is 0 Å². The Balaban J connectivity index is 1.93. The first kappa shape index (κ1) is 13.3. The van der Waals surface area contributed by atoms with Gasteiger partial charge in [0.25, 0.3) is 5.56 Å². The lowest BCUT2D eigenvalue weighted by atomic mass is 10.1. The highest BCUT2D eigenvalue weighted by atomic mass is 16.5. The first-order valence-electron chi connectivity index (χ1n) is 6.91. The molecule has 0 bridgehead atoms. The van der Waals surface area contributed by atoms with E-state index in [1.807, 2.05) is 24.3 Å². The van der Waals surface area contributed by atoms with E-state index in [-0.39, 0.29) is 5.56 Å². The molecule has 1 aliphatic heterocycles. The van der Waals surface area contributed by atoms with E-state index in [1.165, 1.54) is 0 Å². The van der Waals surface area contributed by atoms with Crippen molar-refractivity contribution in [2.45, 2.75) is 13.1 Å². The van der Waals surface area contributed by atoms with E-state index in [0.717, 1.165) is 48.3 Å². The standard InChI is InChI=1S/C15H19N3O2/c16-9-11-1-2-14-12(7-11)8-13(15(19)17-14)10-18-3-5-20-6-4-18/h1-2,7-8H,3-6,9-10,16H2,(H,17,19). The Morgan fingerprint density at radius 3 is 2.80 bits per heavy atom. The molecule has 1 saturated heterocycles. The minimum absolute atomic E-state index is 0.00973. The van der Waals surface area contributed by atoms with Crippen LogP contribution < -0.4 is 11.3 Å². The lowest BCUT2D eigenvalue weighted by Crippen LogP contribution is -2.37. The van der Waals surface area contributed by atoms with Gasteiger partial charge in [-0.25, -0.2) is 0 Å². The number of hydrogen-bond acceptors (Lipinski definition) is 4. The van der Waals surface area contributed by atoms with Gasteiger partial charge in [-0.1, -0.05) is 6.07 Å². The second-order valence-corrected chi connectivity index (χ2v) is 5.14. The van der Waals surface area contributed by atoms with E-state index in [0.29, 0.717) is 13.1 Å². The van der Waals surface area contributed by atoms with Gasteiger partial charge in [0.15, 0.2) is 0 Å². The number of rotatable bonds is 3. The van der Waals surface area contributed by atoms with E-state index in [2.05, 4.69) is 9.88 Å². The van der Waals surface area contributed by atoms with Crippen LogP contribution in [0.25, 0.3) is 10.9 Å². The number of ether oxygens (including phenoxy) is 1. The van der Waals surface area contributed by atoms with Crippen molar-refractivity contribution in [2.75, 3.05) is 26.3 Å². The molecule has 1 fully saturated rings. The summed E-state index contributed by atoms with van der Waals surface area (Å²) in [5, 5.41) is 1.04. The third kappa shape index (κ3) is 2.75. The summed E-state index contributed by atoms with van der Waals surface area (Å²) in [5.41, 5.74) is 8.38. The summed E-state index contributed by atoms with van der Waals surface area (Å²) < 4.78 is 5.33. The summed E-state index contributed by atoms with van der Waals surface area (Å²) in [4.78, 5) is 17.3. The first-order chi connectivity index (χ1) is 9.76. The summed E-state index contributed by atoms with van der Waals surface area (Å²) in [6.07, 6.45) is 0. The van der Waals surface area contributed by atoms with Crippen LogP contribution in [0, 0.1) is 0 Å². The predicted octanol–water partition coefficient (Wildman–Crippen LogP) is 0.819. The number of aromatic amines is 1. The molecule has 5 heteroatoms. The molecule has 1 aromatic carbocycles. The fourth-order valence-corrected chi connectivity index (χ4v) is 2.55. The smallest absolute Gasteiger partial charge is 0.252 e.